The van der Waals surface area contributed by atoms with E-state index in [4.69, 9.17) is 14.2 Å². The average Bonchev–Trinajstić information content (AvgIpc) is 3.54. The largest absolute Gasteiger partial charge is 0.493 e. The van der Waals surface area contributed by atoms with Crippen LogP contribution < -0.4 is 19.5 Å². The Bertz CT molecular complexity index is 887. The van der Waals surface area contributed by atoms with Gasteiger partial charge in [-0.3, -0.25) is 4.79 Å². The molecule has 1 aliphatic rings. The fraction of sp³-hybridized carbons (Fsp3) is 0.273. The molecule has 0 bridgehead atoms. The number of methoxy groups -OCH3 is 2. The number of nitrogens with one attached hydrogen (secondary N) is 1. The molecular formula is C22H22N2O4. The number of amides is 1. The zero-order valence-electron chi connectivity index (χ0n) is 15.9. The summed E-state index contributed by atoms with van der Waals surface area (Å²) in [5.74, 6) is 1.02. The molecule has 0 atom stereocenters. The van der Waals surface area contributed by atoms with E-state index in [9.17, 15) is 10.1 Å². The summed E-state index contributed by atoms with van der Waals surface area (Å²) in [6.45, 7) is 0.357. The molecule has 1 fully saturated rings. The van der Waals surface area contributed by atoms with Crippen LogP contribution in [0.3, 0.4) is 0 Å². The summed E-state index contributed by atoms with van der Waals surface area (Å²) in [6, 6.07) is 15.3. The van der Waals surface area contributed by atoms with Crippen LogP contribution in [0.5, 0.6) is 17.2 Å². The second-order valence-corrected chi connectivity index (χ2v) is 6.45. The third kappa shape index (κ3) is 4.83. The lowest BCUT2D eigenvalue weighted by Crippen LogP contribution is -2.26. The maximum absolute atomic E-state index is 12.2. The van der Waals surface area contributed by atoms with Gasteiger partial charge in [0.05, 0.1) is 14.2 Å². The van der Waals surface area contributed by atoms with Gasteiger partial charge in [0, 0.05) is 6.04 Å². The Kier molecular flexibility index (Phi) is 6.18. The second-order valence-electron chi connectivity index (χ2n) is 6.45. The van der Waals surface area contributed by atoms with Gasteiger partial charge in [0.1, 0.15) is 18.2 Å². The Balaban J connectivity index is 1.86. The van der Waals surface area contributed by atoms with E-state index < -0.39 is 0 Å². The number of ether oxygens (including phenoxy) is 3. The predicted molar refractivity (Wildman–Crippen MR) is 105 cm³/mol. The Morgan fingerprint density at radius 1 is 1.18 bits per heavy atom. The molecule has 1 aliphatic carbocycles. The van der Waals surface area contributed by atoms with Crippen LogP contribution >= 0.6 is 0 Å². The van der Waals surface area contributed by atoms with Crippen LogP contribution in [-0.4, -0.2) is 26.2 Å². The smallest absolute Gasteiger partial charge is 0.262 e. The molecular weight excluding hydrogens is 356 g/mol. The molecule has 0 unspecified atom stereocenters. The Labute approximate surface area is 164 Å². The number of hydrogen-bond donors (Lipinski definition) is 1. The molecule has 0 heterocycles. The standard InChI is InChI=1S/C22H22N2O4/c1-26-19-11-16(10-17(13-23)22(25)24-18-8-9-18)12-20(27-2)21(19)28-14-15-6-4-3-5-7-15/h3-7,10-12,18H,8-9,14H2,1-2H3,(H,24,25)/b17-10+. The van der Waals surface area contributed by atoms with Crippen molar-refractivity contribution in [3.05, 3.63) is 59.2 Å². The van der Waals surface area contributed by atoms with E-state index in [1.807, 2.05) is 36.4 Å². The second kappa shape index (κ2) is 8.96. The van der Waals surface area contributed by atoms with Gasteiger partial charge in [-0.05, 0) is 42.2 Å². The van der Waals surface area contributed by atoms with E-state index in [0.29, 0.717) is 29.4 Å². The van der Waals surface area contributed by atoms with Crippen molar-refractivity contribution in [2.24, 2.45) is 0 Å². The van der Waals surface area contributed by atoms with Gasteiger partial charge >= 0.3 is 0 Å². The highest BCUT2D eigenvalue weighted by molar-refractivity contribution is 6.02. The molecule has 2 aromatic rings. The first kappa shape index (κ1) is 19.3. The van der Waals surface area contributed by atoms with Crippen molar-refractivity contribution in [2.75, 3.05) is 14.2 Å². The van der Waals surface area contributed by atoms with E-state index >= 15 is 0 Å². The monoisotopic (exact) mass is 378 g/mol. The summed E-state index contributed by atoms with van der Waals surface area (Å²) in [6.07, 6.45) is 3.43. The molecule has 0 aliphatic heterocycles. The third-order valence-corrected chi connectivity index (χ3v) is 4.30. The van der Waals surface area contributed by atoms with E-state index in [1.165, 1.54) is 20.3 Å². The van der Waals surface area contributed by atoms with Crippen molar-refractivity contribution in [1.29, 1.82) is 5.26 Å². The Morgan fingerprint density at radius 2 is 1.82 bits per heavy atom. The number of carbonyl (C=O) groups is 1. The minimum atomic E-state index is -0.368. The van der Waals surface area contributed by atoms with Gasteiger partial charge in [-0.2, -0.15) is 5.26 Å². The Morgan fingerprint density at radius 3 is 2.36 bits per heavy atom. The number of carbonyl (C=O) groups excluding carboxylic acids is 1. The molecule has 0 saturated heterocycles. The van der Waals surface area contributed by atoms with Crippen LogP contribution in [0, 0.1) is 11.3 Å². The first-order chi connectivity index (χ1) is 13.6. The first-order valence-corrected chi connectivity index (χ1v) is 9.00. The summed E-state index contributed by atoms with van der Waals surface area (Å²) in [5.41, 5.74) is 1.66. The molecule has 1 amide bonds. The van der Waals surface area contributed by atoms with Crippen molar-refractivity contribution in [3.63, 3.8) is 0 Å². The lowest BCUT2D eigenvalue weighted by molar-refractivity contribution is -0.117. The normalized spacial score (nSPS) is 13.4. The summed E-state index contributed by atoms with van der Waals surface area (Å²) in [5, 5.41) is 12.2. The van der Waals surface area contributed by atoms with Crippen LogP contribution in [0.1, 0.15) is 24.0 Å². The summed E-state index contributed by atoms with van der Waals surface area (Å²) in [7, 11) is 3.06. The van der Waals surface area contributed by atoms with Crippen LogP contribution in [0.4, 0.5) is 0 Å². The first-order valence-electron chi connectivity index (χ1n) is 9.00. The highest BCUT2D eigenvalue weighted by Crippen LogP contribution is 2.39. The highest BCUT2D eigenvalue weighted by Gasteiger charge is 2.25. The number of hydrogen-bond acceptors (Lipinski definition) is 5. The van der Waals surface area contributed by atoms with Crippen molar-refractivity contribution in [2.45, 2.75) is 25.5 Å². The maximum atomic E-state index is 12.2. The van der Waals surface area contributed by atoms with Gasteiger partial charge in [-0.15, -0.1) is 0 Å². The third-order valence-electron chi connectivity index (χ3n) is 4.30. The summed E-state index contributed by atoms with van der Waals surface area (Å²) in [4.78, 5) is 12.2. The van der Waals surface area contributed by atoms with E-state index in [0.717, 1.165) is 18.4 Å². The van der Waals surface area contributed by atoms with E-state index in [-0.39, 0.29) is 17.5 Å². The lowest BCUT2D eigenvalue weighted by Gasteiger charge is -2.15. The van der Waals surface area contributed by atoms with Gasteiger partial charge in [0.25, 0.3) is 5.91 Å². The van der Waals surface area contributed by atoms with Crippen LogP contribution in [-0.2, 0) is 11.4 Å². The zero-order valence-corrected chi connectivity index (χ0v) is 15.9. The summed E-state index contributed by atoms with van der Waals surface area (Å²) >= 11 is 0. The average molecular weight is 378 g/mol. The Hall–Kier alpha value is -3.46. The zero-order chi connectivity index (χ0) is 19.9. The molecule has 0 aromatic heterocycles. The van der Waals surface area contributed by atoms with Crippen molar-refractivity contribution in [1.82, 2.24) is 5.32 Å². The van der Waals surface area contributed by atoms with Gasteiger partial charge in [0.15, 0.2) is 11.5 Å². The van der Waals surface area contributed by atoms with Crippen LogP contribution in [0.2, 0.25) is 0 Å². The van der Waals surface area contributed by atoms with Crippen LogP contribution in [0.25, 0.3) is 6.08 Å². The quantitative estimate of drug-likeness (QED) is 0.562. The summed E-state index contributed by atoms with van der Waals surface area (Å²) < 4.78 is 16.8. The number of benzene rings is 2. The molecule has 1 N–H and O–H groups in total. The van der Waals surface area contributed by atoms with Gasteiger partial charge in [-0.25, -0.2) is 0 Å². The van der Waals surface area contributed by atoms with E-state index in [2.05, 4.69) is 5.32 Å². The topological polar surface area (TPSA) is 80.6 Å². The lowest BCUT2D eigenvalue weighted by atomic mass is 10.1. The molecule has 0 spiro atoms. The van der Waals surface area contributed by atoms with Crippen LogP contribution in [0.15, 0.2) is 48.0 Å². The van der Waals surface area contributed by atoms with Gasteiger partial charge in [0.2, 0.25) is 5.75 Å². The number of nitrogens with zero attached hydrogens (tertiary/aromatic N) is 1. The van der Waals surface area contributed by atoms with Gasteiger partial charge < -0.3 is 19.5 Å². The van der Waals surface area contributed by atoms with Gasteiger partial charge in [-0.1, -0.05) is 30.3 Å². The van der Waals surface area contributed by atoms with Crippen molar-refractivity contribution < 1.29 is 19.0 Å². The molecule has 6 nitrogen and oxygen atoms in total. The fourth-order valence-corrected chi connectivity index (χ4v) is 2.66. The molecule has 1 saturated carbocycles. The molecule has 2 aromatic carbocycles. The predicted octanol–water partition coefficient (Wildman–Crippen LogP) is 3.47. The van der Waals surface area contributed by atoms with Crippen molar-refractivity contribution in [3.8, 4) is 23.3 Å². The maximum Gasteiger partial charge on any atom is 0.262 e. The SMILES string of the molecule is COc1cc(/C=C(\C#N)C(=O)NC2CC2)cc(OC)c1OCc1ccccc1. The highest BCUT2D eigenvalue weighted by atomic mass is 16.5. The van der Waals surface area contributed by atoms with E-state index in [1.54, 1.807) is 12.1 Å². The minimum absolute atomic E-state index is 0.0361. The minimum Gasteiger partial charge on any atom is -0.493 e. The fourth-order valence-electron chi connectivity index (χ4n) is 2.66. The number of rotatable bonds is 8. The molecule has 3 rings (SSSR count). The molecule has 0 radical (unpaired) electrons. The molecule has 6 heteroatoms. The van der Waals surface area contributed by atoms with Crippen molar-refractivity contribution >= 4 is 12.0 Å². The molecule has 28 heavy (non-hydrogen) atoms. The number of nitriles is 1. The molecule has 144 valence electrons.